The predicted octanol–water partition coefficient (Wildman–Crippen LogP) is 3.96. The van der Waals surface area contributed by atoms with Crippen LogP contribution in [-0.2, 0) is 6.42 Å². The number of methoxy groups -OCH3 is 1. The van der Waals surface area contributed by atoms with E-state index in [0.29, 0.717) is 28.9 Å². The van der Waals surface area contributed by atoms with E-state index in [4.69, 9.17) is 4.74 Å². The van der Waals surface area contributed by atoms with Gasteiger partial charge in [0.2, 0.25) is 5.78 Å². The number of nitriles is 1. The number of nitrogens with zero attached hydrogens (tertiary/aromatic N) is 2. The molecule has 0 unspecified atom stereocenters. The summed E-state index contributed by atoms with van der Waals surface area (Å²) in [5.74, 6) is 0.0368. The number of ether oxygens (including phenoxy) is 1. The summed E-state index contributed by atoms with van der Waals surface area (Å²) in [7, 11) is 1.49. The van der Waals surface area contributed by atoms with E-state index < -0.39 is 10.7 Å². The number of ketones is 1. The minimum absolute atomic E-state index is 0.0256. The van der Waals surface area contributed by atoms with Crippen LogP contribution in [0.3, 0.4) is 0 Å². The van der Waals surface area contributed by atoms with Crippen molar-refractivity contribution in [3.05, 3.63) is 74.8 Å². The smallest absolute Gasteiger partial charge is 0.273 e. The van der Waals surface area contributed by atoms with Gasteiger partial charge in [0.25, 0.3) is 5.69 Å². The van der Waals surface area contributed by atoms with Crippen molar-refractivity contribution in [3.63, 3.8) is 0 Å². The molecule has 6 nitrogen and oxygen atoms in total. The lowest BCUT2D eigenvalue weighted by molar-refractivity contribution is -0.385. The molecule has 0 saturated carbocycles. The molecular formula is C19H16N2O4. The number of hydrogen-bond acceptors (Lipinski definition) is 5. The zero-order chi connectivity index (χ0) is 18.4. The average Bonchev–Trinajstić information content (AvgIpc) is 2.65. The van der Waals surface area contributed by atoms with E-state index in [0.717, 1.165) is 0 Å². The zero-order valence-electron chi connectivity index (χ0n) is 13.9. The molecular weight excluding hydrogens is 320 g/mol. The summed E-state index contributed by atoms with van der Waals surface area (Å²) in [6.45, 7) is 1.82. The van der Waals surface area contributed by atoms with Crippen LogP contribution in [0.2, 0.25) is 0 Å². The molecule has 0 atom stereocenters. The van der Waals surface area contributed by atoms with Crippen molar-refractivity contribution >= 4 is 17.5 Å². The number of rotatable bonds is 6. The number of allylic oxidation sites excluding steroid dienone is 1. The van der Waals surface area contributed by atoms with Crippen LogP contribution in [0.25, 0.3) is 6.08 Å². The Morgan fingerprint density at radius 1 is 1.32 bits per heavy atom. The van der Waals surface area contributed by atoms with E-state index in [1.807, 2.05) is 13.0 Å². The molecule has 2 aromatic carbocycles. The lowest BCUT2D eigenvalue weighted by Gasteiger charge is -2.04. The first kappa shape index (κ1) is 17.9. The van der Waals surface area contributed by atoms with Gasteiger partial charge in [-0.25, -0.2) is 0 Å². The molecule has 25 heavy (non-hydrogen) atoms. The Balaban J connectivity index is 2.43. The normalized spacial score (nSPS) is 10.8. The lowest BCUT2D eigenvalue weighted by Crippen LogP contribution is -2.02. The van der Waals surface area contributed by atoms with Gasteiger partial charge in [-0.15, -0.1) is 0 Å². The minimum Gasteiger partial charge on any atom is -0.497 e. The van der Waals surface area contributed by atoms with Crippen molar-refractivity contribution in [1.29, 1.82) is 5.26 Å². The second-order valence-corrected chi connectivity index (χ2v) is 5.23. The number of nitro groups is 1. The Bertz CT molecular complexity index is 895. The topological polar surface area (TPSA) is 93.2 Å². The molecule has 0 saturated heterocycles. The molecule has 0 aliphatic heterocycles. The number of aryl methyl sites for hydroxylation is 1. The van der Waals surface area contributed by atoms with Crippen molar-refractivity contribution in [3.8, 4) is 11.8 Å². The van der Waals surface area contributed by atoms with E-state index >= 15 is 0 Å². The maximum atomic E-state index is 12.5. The third-order valence-corrected chi connectivity index (χ3v) is 3.69. The van der Waals surface area contributed by atoms with Gasteiger partial charge in [-0.1, -0.05) is 31.2 Å². The van der Waals surface area contributed by atoms with Gasteiger partial charge in [0.05, 0.1) is 12.0 Å². The highest BCUT2D eigenvalue weighted by Gasteiger charge is 2.16. The highest BCUT2D eigenvalue weighted by molar-refractivity contribution is 6.14. The highest BCUT2D eigenvalue weighted by Crippen LogP contribution is 2.23. The first-order valence-corrected chi connectivity index (χ1v) is 7.58. The summed E-state index contributed by atoms with van der Waals surface area (Å²) in [6.07, 6.45) is 1.88. The third kappa shape index (κ3) is 4.09. The summed E-state index contributed by atoms with van der Waals surface area (Å²) in [5, 5.41) is 20.5. The second-order valence-electron chi connectivity index (χ2n) is 5.23. The van der Waals surface area contributed by atoms with Crippen LogP contribution < -0.4 is 4.74 Å². The molecule has 2 aromatic rings. The molecule has 2 rings (SSSR count). The summed E-state index contributed by atoms with van der Waals surface area (Å²) in [6, 6.07) is 13.0. The van der Waals surface area contributed by atoms with E-state index in [1.54, 1.807) is 30.3 Å². The average molecular weight is 336 g/mol. The first-order chi connectivity index (χ1) is 12.0. The van der Waals surface area contributed by atoms with Crippen molar-refractivity contribution in [2.45, 2.75) is 13.3 Å². The molecule has 0 heterocycles. The van der Waals surface area contributed by atoms with Gasteiger partial charge in [-0.05, 0) is 30.2 Å². The summed E-state index contributed by atoms with van der Waals surface area (Å²) < 4.78 is 5.07. The third-order valence-electron chi connectivity index (χ3n) is 3.69. The largest absolute Gasteiger partial charge is 0.497 e. The Labute approximate surface area is 145 Å². The molecule has 126 valence electrons. The van der Waals surface area contributed by atoms with Crippen LogP contribution in [0.15, 0.2) is 48.0 Å². The standard InChI is InChI=1S/C19H16N2O4/c1-3-14-8-7-13(10-18(14)21(23)24)9-16(12-20)19(22)15-5-4-6-17(11-15)25-2/h4-11H,3H2,1-2H3/b16-9+. The van der Waals surface area contributed by atoms with Gasteiger partial charge >= 0.3 is 0 Å². The van der Waals surface area contributed by atoms with Crippen LogP contribution in [0, 0.1) is 21.4 Å². The molecule has 0 fully saturated rings. The summed E-state index contributed by atoms with van der Waals surface area (Å²) >= 11 is 0. The van der Waals surface area contributed by atoms with Gasteiger partial charge < -0.3 is 4.74 Å². The Morgan fingerprint density at radius 2 is 2.08 bits per heavy atom. The molecule has 0 spiro atoms. The molecule has 0 N–H and O–H groups in total. The van der Waals surface area contributed by atoms with Crippen LogP contribution in [0.5, 0.6) is 5.75 Å². The SMILES string of the molecule is CCc1ccc(/C=C(\C#N)C(=O)c2cccc(OC)c2)cc1[N+](=O)[O-]. The first-order valence-electron chi connectivity index (χ1n) is 7.58. The van der Waals surface area contributed by atoms with Crippen LogP contribution >= 0.6 is 0 Å². The molecule has 0 amide bonds. The van der Waals surface area contributed by atoms with Crippen LogP contribution in [-0.4, -0.2) is 17.8 Å². The van der Waals surface area contributed by atoms with E-state index in [9.17, 15) is 20.2 Å². The number of benzene rings is 2. The number of Topliss-reactive ketones (excluding diaryl/α,β-unsaturated/α-hetero) is 1. The van der Waals surface area contributed by atoms with E-state index in [-0.39, 0.29) is 11.3 Å². The molecule has 6 heteroatoms. The monoisotopic (exact) mass is 336 g/mol. The van der Waals surface area contributed by atoms with Crippen LogP contribution in [0.4, 0.5) is 5.69 Å². The quantitative estimate of drug-likeness (QED) is 0.262. The molecule has 0 aliphatic rings. The number of nitro benzene ring substituents is 1. The van der Waals surface area contributed by atoms with Crippen LogP contribution in [0.1, 0.15) is 28.4 Å². The predicted molar refractivity (Wildman–Crippen MR) is 93.4 cm³/mol. The number of carbonyl (C=O) groups is 1. The number of hydrogen-bond donors (Lipinski definition) is 0. The molecule has 0 radical (unpaired) electrons. The fourth-order valence-corrected chi connectivity index (χ4v) is 2.37. The zero-order valence-corrected chi connectivity index (χ0v) is 13.9. The van der Waals surface area contributed by atoms with Gasteiger partial charge in [0, 0.05) is 17.2 Å². The van der Waals surface area contributed by atoms with Crippen molar-refractivity contribution < 1.29 is 14.5 Å². The van der Waals surface area contributed by atoms with Gasteiger partial charge in [-0.2, -0.15) is 5.26 Å². The van der Waals surface area contributed by atoms with E-state index in [1.165, 1.54) is 25.3 Å². The van der Waals surface area contributed by atoms with E-state index in [2.05, 4.69) is 0 Å². The molecule has 0 aliphatic carbocycles. The Kier molecular flexibility index (Phi) is 5.64. The fraction of sp³-hybridized carbons (Fsp3) is 0.158. The summed E-state index contributed by atoms with van der Waals surface area (Å²) in [4.78, 5) is 23.2. The van der Waals surface area contributed by atoms with Gasteiger partial charge in [0.15, 0.2) is 0 Å². The lowest BCUT2D eigenvalue weighted by atomic mass is 10.0. The summed E-state index contributed by atoms with van der Waals surface area (Å²) in [5.41, 5.74) is 1.21. The molecule has 0 bridgehead atoms. The second kappa shape index (κ2) is 7.88. The minimum atomic E-state index is -0.469. The highest BCUT2D eigenvalue weighted by atomic mass is 16.6. The van der Waals surface area contributed by atoms with Crippen molar-refractivity contribution in [1.82, 2.24) is 0 Å². The van der Waals surface area contributed by atoms with Crippen molar-refractivity contribution in [2.24, 2.45) is 0 Å². The Hall–Kier alpha value is -3.46. The fourth-order valence-electron chi connectivity index (χ4n) is 2.37. The van der Waals surface area contributed by atoms with Crippen molar-refractivity contribution in [2.75, 3.05) is 7.11 Å². The maximum absolute atomic E-state index is 12.5. The Morgan fingerprint density at radius 3 is 2.68 bits per heavy atom. The van der Waals surface area contributed by atoms with Gasteiger partial charge in [0.1, 0.15) is 17.4 Å². The number of carbonyl (C=O) groups excluding carboxylic acids is 1. The molecule has 0 aromatic heterocycles. The van der Waals surface area contributed by atoms with Gasteiger partial charge in [-0.3, -0.25) is 14.9 Å². The maximum Gasteiger partial charge on any atom is 0.273 e.